The maximum atomic E-state index is 13.1. The number of aromatic nitrogens is 4. The number of benzene rings is 1. The number of nitrogens with two attached hydrogens (primary N) is 1. The van der Waals surface area contributed by atoms with Gasteiger partial charge in [0, 0.05) is 13.6 Å². The zero-order valence-corrected chi connectivity index (χ0v) is 19.6. The van der Waals surface area contributed by atoms with Crippen molar-refractivity contribution in [2.24, 2.45) is 5.92 Å². The third kappa shape index (κ3) is 5.56. The van der Waals surface area contributed by atoms with Gasteiger partial charge in [0.15, 0.2) is 10.0 Å². The molecular formula is C20H25N7O3S2. The van der Waals surface area contributed by atoms with E-state index < -0.39 is 11.2 Å². The standard InChI is InChI=1S/C20H25N7O3S2/c1-12(2)9-26(14(28)11-31-20-25-24-18(22-3)32-20)15-16(21)27(19(30)23-17(15)29)10-13-7-5-4-6-8-13/h4-8,12H,9-11,21H2,1-3H3,(H,22,24)(H,23,29,30). The Kier molecular flexibility index (Phi) is 7.70. The van der Waals surface area contributed by atoms with Crippen LogP contribution >= 0.6 is 23.1 Å². The van der Waals surface area contributed by atoms with Gasteiger partial charge in [0.2, 0.25) is 11.0 Å². The third-order valence-corrected chi connectivity index (χ3v) is 6.51. The van der Waals surface area contributed by atoms with Crippen LogP contribution < -0.4 is 27.2 Å². The summed E-state index contributed by atoms with van der Waals surface area (Å²) in [4.78, 5) is 42.0. The van der Waals surface area contributed by atoms with E-state index in [4.69, 9.17) is 5.73 Å². The molecule has 0 fully saturated rings. The van der Waals surface area contributed by atoms with Crippen molar-refractivity contribution in [1.29, 1.82) is 0 Å². The topological polar surface area (TPSA) is 139 Å². The zero-order chi connectivity index (χ0) is 23.3. The summed E-state index contributed by atoms with van der Waals surface area (Å²) in [6, 6.07) is 9.27. The highest BCUT2D eigenvalue weighted by molar-refractivity contribution is 8.01. The number of hydrogen-bond acceptors (Lipinski definition) is 9. The molecule has 2 aromatic heterocycles. The average Bonchev–Trinajstić information content (AvgIpc) is 3.23. The Labute approximate surface area is 192 Å². The number of nitrogens with one attached hydrogen (secondary N) is 2. The molecule has 0 unspecified atom stereocenters. The fourth-order valence-corrected chi connectivity index (χ4v) is 4.60. The van der Waals surface area contributed by atoms with Crippen molar-refractivity contribution in [3.8, 4) is 0 Å². The molecule has 32 heavy (non-hydrogen) atoms. The lowest BCUT2D eigenvalue weighted by Gasteiger charge is -2.26. The summed E-state index contributed by atoms with van der Waals surface area (Å²) >= 11 is 2.56. The van der Waals surface area contributed by atoms with Gasteiger partial charge in [-0.25, -0.2) is 4.79 Å². The first-order valence-corrected chi connectivity index (χ1v) is 11.7. The van der Waals surface area contributed by atoms with Crippen LogP contribution in [0.5, 0.6) is 0 Å². The average molecular weight is 476 g/mol. The number of nitrogen functional groups attached to an aromatic ring is 1. The van der Waals surface area contributed by atoms with E-state index in [9.17, 15) is 14.4 Å². The zero-order valence-electron chi connectivity index (χ0n) is 18.0. The number of carbonyl (C=O) groups excluding carboxylic acids is 1. The van der Waals surface area contributed by atoms with Crippen molar-refractivity contribution in [1.82, 2.24) is 19.7 Å². The van der Waals surface area contributed by atoms with Gasteiger partial charge in [-0.05, 0) is 11.5 Å². The molecule has 1 amide bonds. The molecule has 0 aliphatic heterocycles. The monoisotopic (exact) mass is 475 g/mol. The van der Waals surface area contributed by atoms with Crippen LogP contribution in [0.15, 0.2) is 44.3 Å². The Morgan fingerprint density at radius 2 is 2.00 bits per heavy atom. The second-order valence-electron chi connectivity index (χ2n) is 7.37. The van der Waals surface area contributed by atoms with Crippen molar-refractivity contribution in [2.75, 3.05) is 35.3 Å². The van der Waals surface area contributed by atoms with Gasteiger partial charge >= 0.3 is 5.69 Å². The van der Waals surface area contributed by atoms with E-state index in [0.717, 1.165) is 5.56 Å². The lowest BCUT2D eigenvalue weighted by Crippen LogP contribution is -2.43. The smallest absolute Gasteiger partial charge is 0.330 e. The fourth-order valence-electron chi connectivity index (χ4n) is 3.01. The van der Waals surface area contributed by atoms with E-state index in [1.54, 1.807) is 7.05 Å². The number of H-pyrrole nitrogens is 1. The minimum absolute atomic E-state index is 0.0204. The highest BCUT2D eigenvalue weighted by atomic mass is 32.2. The van der Waals surface area contributed by atoms with E-state index in [0.29, 0.717) is 9.47 Å². The van der Waals surface area contributed by atoms with Gasteiger partial charge in [-0.1, -0.05) is 67.3 Å². The van der Waals surface area contributed by atoms with E-state index in [1.165, 1.54) is 32.6 Å². The third-order valence-electron chi connectivity index (χ3n) is 4.46. The number of carbonyl (C=O) groups is 1. The van der Waals surface area contributed by atoms with Crippen molar-refractivity contribution in [3.05, 3.63) is 56.7 Å². The Morgan fingerprint density at radius 3 is 2.62 bits per heavy atom. The van der Waals surface area contributed by atoms with Crippen LogP contribution in [0, 0.1) is 5.92 Å². The molecule has 0 spiro atoms. The number of hydrogen-bond donors (Lipinski definition) is 3. The van der Waals surface area contributed by atoms with Crippen molar-refractivity contribution < 1.29 is 4.79 Å². The van der Waals surface area contributed by atoms with Gasteiger partial charge in [-0.3, -0.25) is 19.1 Å². The molecule has 0 aliphatic carbocycles. The van der Waals surface area contributed by atoms with Gasteiger partial charge in [0.25, 0.3) is 5.56 Å². The lowest BCUT2D eigenvalue weighted by molar-refractivity contribution is -0.116. The summed E-state index contributed by atoms with van der Waals surface area (Å²) < 4.78 is 1.90. The summed E-state index contributed by atoms with van der Waals surface area (Å²) in [5, 5.41) is 11.5. The summed E-state index contributed by atoms with van der Waals surface area (Å²) in [6.07, 6.45) is 0. The van der Waals surface area contributed by atoms with Crippen LogP contribution in [-0.2, 0) is 11.3 Å². The maximum Gasteiger partial charge on any atom is 0.330 e. The summed E-state index contributed by atoms with van der Waals surface area (Å²) in [5.74, 6) is -0.251. The molecule has 3 rings (SSSR count). The predicted octanol–water partition coefficient (Wildman–Crippen LogP) is 1.84. The van der Waals surface area contributed by atoms with Crippen molar-refractivity contribution >= 4 is 45.6 Å². The minimum Gasteiger partial charge on any atom is -0.383 e. The fraction of sp³-hybridized carbons (Fsp3) is 0.350. The van der Waals surface area contributed by atoms with E-state index >= 15 is 0 Å². The molecule has 12 heteroatoms. The van der Waals surface area contributed by atoms with Crippen LogP contribution in [0.1, 0.15) is 19.4 Å². The van der Waals surface area contributed by atoms with Crippen LogP contribution in [0.3, 0.4) is 0 Å². The van der Waals surface area contributed by atoms with Crippen LogP contribution in [0.2, 0.25) is 0 Å². The second kappa shape index (κ2) is 10.5. The lowest BCUT2D eigenvalue weighted by atomic mass is 10.2. The first-order chi connectivity index (χ1) is 15.3. The first-order valence-electron chi connectivity index (χ1n) is 9.91. The van der Waals surface area contributed by atoms with Gasteiger partial charge < -0.3 is 16.0 Å². The molecule has 0 aliphatic rings. The molecule has 4 N–H and O–H groups in total. The van der Waals surface area contributed by atoms with Gasteiger partial charge in [-0.2, -0.15) is 0 Å². The quantitative estimate of drug-likeness (QED) is 0.399. The largest absolute Gasteiger partial charge is 0.383 e. The predicted molar refractivity (Wildman–Crippen MR) is 129 cm³/mol. The highest BCUT2D eigenvalue weighted by Gasteiger charge is 2.25. The van der Waals surface area contributed by atoms with Gasteiger partial charge in [0.1, 0.15) is 5.82 Å². The van der Waals surface area contributed by atoms with Gasteiger partial charge in [0.05, 0.1) is 12.3 Å². The van der Waals surface area contributed by atoms with Crippen molar-refractivity contribution in [3.63, 3.8) is 0 Å². The maximum absolute atomic E-state index is 13.1. The van der Waals surface area contributed by atoms with E-state index in [-0.39, 0.29) is 42.2 Å². The number of anilines is 3. The Hall–Kier alpha value is -3.12. The molecule has 0 radical (unpaired) electrons. The Morgan fingerprint density at radius 1 is 1.28 bits per heavy atom. The van der Waals surface area contributed by atoms with E-state index in [2.05, 4.69) is 20.5 Å². The Bertz CT molecular complexity index is 1190. The van der Waals surface area contributed by atoms with Crippen LogP contribution in [0.4, 0.5) is 16.6 Å². The number of rotatable bonds is 9. The summed E-state index contributed by atoms with van der Waals surface area (Å²) in [7, 11) is 1.74. The van der Waals surface area contributed by atoms with Gasteiger partial charge in [-0.15, -0.1) is 10.2 Å². The molecule has 170 valence electrons. The van der Waals surface area contributed by atoms with Crippen molar-refractivity contribution in [2.45, 2.75) is 24.7 Å². The molecule has 10 nitrogen and oxygen atoms in total. The summed E-state index contributed by atoms with van der Waals surface area (Å²) in [6.45, 7) is 4.31. The van der Waals surface area contributed by atoms with Crippen LogP contribution in [-0.4, -0.2) is 45.0 Å². The van der Waals surface area contributed by atoms with Crippen LogP contribution in [0.25, 0.3) is 0 Å². The molecular weight excluding hydrogens is 450 g/mol. The molecule has 2 heterocycles. The normalized spacial score (nSPS) is 11.0. The molecule has 0 atom stereocenters. The number of amides is 1. The molecule has 3 aromatic rings. The van der Waals surface area contributed by atoms with E-state index in [1.807, 2.05) is 44.2 Å². The number of nitrogens with zero attached hydrogens (tertiary/aromatic N) is 4. The molecule has 0 saturated carbocycles. The molecule has 0 saturated heterocycles. The highest BCUT2D eigenvalue weighted by Crippen LogP contribution is 2.27. The minimum atomic E-state index is -0.691. The molecule has 1 aromatic carbocycles. The number of aromatic amines is 1. The number of thioether (sulfide) groups is 1. The second-order valence-corrected chi connectivity index (χ2v) is 9.57. The first kappa shape index (κ1) is 23.5. The molecule has 0 bridgehead atoms. The Balaban J connectivity index is 1.93. The summed E-state index contributed by atoms with van der Waals surface area (Å²) in [5.41, 5.74) is 5.79. The SMILES string of the molecule is CNc1nnc(SCC(=O)N(CC(C)C)c2c(N)n(Cc3ccccc3)c(=O)[nH]c2=O)s1.